The molecule has 3 heteroatoms. The number of carbonyl (C=O) groups is 1. The Morgan fingerprint density at radius 1 is 1.35 bits per heavy atom. The van der Waals surface area contributed by atoms with Crippen LogP contribution in [0.4, 0.5) is 0 Å². The third-order valence-corrected chi connectivity index (χ3v) is 6.12. The maximum absolute atomic E-state index is 11.8. The number of hydrogen-bond acceptors (Lipinski definition) is 1. The van der Waals surface area contributed by atoms with Crippen LogP contribution in [0.2, 0.25) is 0 Å². The Kier molecular flexibility index (Phi) is 4.53. The minimum atomic E-state index is -0.104. The van der Waals surface area contributed by atoms with Crippen LogP contribution in [0.3, 0.4) is 0 Å². The van der Waals surface area contributed by atoms with Crippen molar-refractivity contribution in [1.29, 1.82) is 0 Å². The summed E-state index contributed by atoms with van der Waals surface area (Å²) in [5.41, 5.74) is 1.55. The second kappa shape index (κ2) is 5.71. The Labute approximate surface area is 128 Å². The van der Waals surface area contributed by atoms with Crippen molar-refractivity contribution in [3.63, 3.8) is 0 Å². The fourth-order valence-electron chi connectivity index (χ4n) is 4.68. The van der Waals surface area contributed by atoms with Gasteiger partial charge in [0.2, 0.25) is 5.91 Å². The van der Waals surface area contributed by atoms with E-state index in [9.17, 15) is 4.79 Å². The lowest BCUT2D eigenvalue weighted by Gasteiger charge is -2.56. The van der Waals surface area contributed by atoms with E-state index >= 15 is 0 Å². The highest BCUT2D eigenvalue weighted by Gasteiger charge is 2.51. The molecule has 0 radical (unpaired) electrons. The Balaban J connectivity index is 2.23. The Hall–Kier alpha value is -0.500. The van der Waals surface area contributed by atoms with Gasteiger partial charge in [0.1, 0.15) is 5.88 Å². The van der Waals surface area contributed by atoms with Gasteiger partial charge < -0.3 is 5.32 Å². The molecule has 0 unspecified atom stereocenters. The van der Waals surface area contributed by atoms with Gasteiger partial charge in [0.25, 0.3) is 0 Å². The van der Waals surface area contributed by atoms with Crippen molar-refractivity contribution in [3.05, 3.63) is 12.2 Å². The van der Waals surface area contributed by atoms with E-state index in [1.807, 2.05) is 0 Å². The highest BCUT2D eigenvalue weighted by atomic mass is 35.5. The van der Waals surface area contributed by atoms with Gasteiger partial charge in [-0.05, 0) is 63.2 Å². The highest BCUT2D eigenvalue weighted by molar-refractivity contribution is 6.27. The molecule has 2 aliphatic rings. The molecule has 1 amide bonds. The van der Waals surface area contributed by atoms with Gasteiger partial charge in [-0.1, -0.05) is 25.5 Å². The van der Waals surface area contributed by atoms with E-state index in [-0.39, 0.29) is 17.3 Å². The summed E-state index contributed by atoms with van der Waals surface area (Å²) in [5.74, 6) is 1.17. The zero-order chi connectivity index (χ0) is 15.0. The first kappa shape index (κ1) is 15.9. The second-order valence-corrected chi connectivity index (χ2v) is 7.74. The Morgan fingerprint density at radius 2 is 2.05 bits per heavy atom. The zero-order valence-corrected chi connectivity index (χ0v) is 13.9. The smallest absolute Gasteiger partial charge is 0.235 e. The lowest BCUT2D eigenvalue weighted by atomic mass is 9.52. The molecule has 2 nitrogen and oxygen atoms in total. The van der Waals surface area contributed by atoms with Crippen LogP contribution in [0.5, 0.6) is 0 Å². The zero-order valence-electron chi connectivity index (χ0n) is 13.1. The largest absolute Gasteiger partial charge is 0.350 e. The van der Waals surface area contributed by atoms with Crippen molar-refractivity contribution >= 4 is 17.5 Å². The molecule has 20 heavy (non-hydrogen) atoms. The average Bonchev–Trinajstić information content (AvgIpc) is 2.37. The van der Waals surface area contributed by atoms with E-state index in [2.05, 4.69) is 32.7 Å². The van der Waals surface area contributed by atoms with Crippen LogP contribution in [0, 0.1) is 17.3 Å². The quantitative estimate of drug-likeness (QED) is 0.611. The summed E-state index contributed by atoms with van der Waals surface area (Å²) in [5, 5.41) is 3.23. The van der Waals surface area contributed by atoms with Crippen molar-refractivity contribution in [2.24, 2.45) is 17.3 Å². The van der Waals surface area contributed by atoms with E-state index in [0.29, 0.717) is 17.3 Å². The molecule has 0 spiro atoms. The van der Waals surface area contributed by atoms with E-state index in [0.717, 1.165) is 12.8 Å². The van der Waals surface area contributed by atoms with Crippen LogP contribution < -0.4 is 5.32 Å². The van der Waals surface area contributed by atoms with Gasteiger partial charge in [0.05, 0.1) is 0 Å². The number of carbonyl (C=O) groups excluding carboxylic acids is 1. The summed E-state index contributed by atoms with van der Waals surface area (Å²) >= 11 is 5.70. The highest BCUT2D eigenvalue weighted by Crippen LogP contribution is 2.56. The molecule has 2 rings (SSSR count). The minimum Gasteiger partial charge on any atom is -0.350 e. The first-order chi connectivity index (χ1) is 9.31. The fourth-order valence-corrected chi connectivity index (χ4v) is 4.74. The number of alkyl halides is 1. The number of fused-ring (bicyclic) bond motifs is 1. The minimum absolute atomic E-state index is 0.0316. The molecule has 0 aliphatic heterocycles. The fraction of sp³-hybridized carbons (Fsp3) is 0.824. The van der Waals surface area contributed by atoms with Gasteiger partial charge in [-0.2, -0.15) is 0 Å². The standard InChI is InChI=1S/C17H28ClNO/c1-12(2)13-6-9-16(3)7-5-8-17(4,14(16)10-13)19-15(20)11-18/h13-14H,1,5-11H2,2-4H3,(H,19,20)/t13-,14+,16+,17-/m1/s1. The van der Waals surface area contributed by atoms with Crippen LogP contribution in [-0.4, -0.2) is 17.3 Å². The van der Waals surface area contributed by atoms with E-state index in [1.54, 1.807) is 0 Å². The van der Waals surface area contributed by atoms with Gasteiger partial charge >= 0.3 is 0 Å². The van der Waals surface area contributed by atoms with Gasteiger partial charge in [-0.15, -0.1) is 11.6 Å². The normalized spacial score (nSPS) is 40.8. The number of allylic oxidation sites excluding steroid dienone is 1. The number of hydrogen-bond donors (Lipinski definition) is 1. The Morgan fingerprint density at radius 3 is 2.65 bits per heavy atom. The molecular formula is C17H28ClNO. The number of halogens is 1. The summed E-state index contributed by atoms with van der Waals surface area (Å²) in [6, 6.07) is 0. The Bertz CT molecular complexity index is 408. The summed E-state index contributed by atoms with van der Waals surface area (Å²) in [6.45, 7) is 10.9. The van der Waals surface area contributed by atoms with E-state index in [1.165, 1.54) is 31.3 Å². The average molecular weight is 298 g/mol. The maximum Gasteiger partial charge on any atom is 0.235 e. The van der Waals surface area contributed by atoms with Gasteiger partial charge in [-0.3, -0.25) is 4.79 Å². The summed E-state index contributed by atoms with van der Waals surface area (Å²) in [4.78, 5) is 11.8. The van der Waals surface area contributed by atoms with Crippen molar-refractivity contribution in [2.45, 2.75) is 64.8 Å². The second-order valence-electron chi connectivity index (χ2n) is 7.48. The number of nitrogens with one attached hydrogen (secondary N) is 1. The predicted octanol–water partition coefficient (Wildman–Crippen LogP) is 4.28. The summed E-state index contributed by atoms with van der Waals surface area (Å²) in [7, 11) is 0. The molecule has 114 valence electrons. The molecule has 0 bridgehead atoms. The maximum atomic E-state index is 11.8. The number of rotatable bonds is 3. The first-order valence-corrected chi connectivity index (χ1v) is 8.36. The molecule has 0 aromatic carbocycles. The van der Waals surface area contributed by atoms with Gasteiger partial charge in [0.15, 0.2) is 0 Å². The van der Waals surface area contributed by atoms with Crippen molar-refractivity contribution < 1.29 is 4.79 Å². The van der Waals surface area contributed by atoms with Crippen LogP contribution in [0.25, 0.3) is 0 Å². The number of amides is 1. The monoisotopic (exact) mass is 297 g/mol. The molecule has 1 N–H and O–H groups in total. The lowest BCUT2D eigenvalue weighted by molar-refractivity contribution is -0.124. The SMILES string of the molecule is C=C(C)[C@@H]1CC[C@]2(C)CCC[C@@](C)(NC(=O)CCl)[C@H]2C1. The lowest BCUT2D eigenvalue weighted by Crippen LogP contribution is -2.60. The summed E-state index contributed by atoms with van der Waals surface area (Å²) in [6.07, 6.45) is 7.21. The molecule has 4 atom stereocenters. The van der Waals surface area contributed by atoms with Gasteiger partial charge in [-0.25, -0.2) is 0 Å². The van der Waals surface area contributed by atoms with Crippen LogP contribution >= 0.6 is 11.6 Å². The van der Waals surface area contributed by atoms with Crippen LogP contribution in [0.1, 0.15) is 59.3 Å². The predicted molar refractivity (Wildman–Crippen MR) is 84.9 cm³/mol. The third-order valence-electron chi connectivity index (χ3n) is 5.88. The van der Waals surface area contributed by atoms with Crippen molar-refractivity contribution in [3.8, 4) is 0 Å². The molecule has 2 saturated carbocycles. The van der Waals surface area contributed by atoms with E-state index < -0.39 is 0 Å². The van der Waals surface area contributed by atoms with Gasteiger partial charge in [0, 0.05) is 5.54 Å². The third kappa shape index (κ3) is 2.90. The molecule has 2 fully saturated rings. The molecule has 0 aromatic heterocycles. The molecule has 0 heterocycles. The first-order valence-electron chi connectivity index (χ1n) is 7.83. The van der Waals surface area contributed by atoms with Crippen molar-refractivity contribution in [1.82, 2.24) is 5.32 Å². The molecule has 0 saturated heterocycles. The topological polar surface area (TPSA) is 29.1 Å². The molecule has 0 aromatic rings. The molecule has 2 aliphatic carbocycles. The van der Waals surface area contributed by atoms with E-state index in [4.69, 9.17) is 11.6 Å². The van der Waals surface area contributed by atoms with Crippen LogP contribution in [0.15, 0.2) is 12.2 Å². The summed E-state index contributed by atoms with van der Waals surface area (Å²) < 4.78 is 0. The van der Waals surface area contributed by atoms with Crippen molar-refractivity contribution in [2.75, 3.05) is 5.88 Å². The molecular weight excluding hydrogens is 270 g/mol. The van der Waals surface area contributed by atoms with Crippen LogP contribution in [-0.2, 0) is 4.79 Å².